The number of benzene rings is 1. The normalized spacial score (nSPS) is 21.4. The van der Waals surface area contributed by atoms with Crippen LogP contribution < -0.4 is 11.5 Å². The van der Waals surface area contributed by atoms with E-state index in [2.05, 4.69) is 4.98 Å². The fourth-order valence-electron chi connectivity index (χ4n) is 3.44. The second-order valence-electron chi connectivity index (χ2n) is 6.35. The zero-order valence-corrected chi connectivity index (χ0v) is 14.6. The molecule has 2 heterocycles. The molecule has 6 heteroatoms. The number of aromatic nitrogens is 1. The molecule has 6 nitrogen and oxygen atoms in total. The van der Waals surface area contributed by atoms with Crippen LogP contribution in [0, 0.1) is 6.92 Å². The van der Waals surface area contributed by atoms with E-state index in [1.54, 1.807) is 31.4 Å². The van der Waals surface area contributed by atoms with Gasteiger partial charge in [-0.15, -0.1) is 0 Å². The molecule has 3 rings (SSSR count). The number of aromatic amines is 1. The van der Waals surface area contributed by atoms with Crippen molar-refractivity contribution < 1.29 is 14.6 Å². The molecule has 2 aromatic rings. The summed E-state index contributed by atoms with van der Waals surface area (Å²) >= 11 is 0. The van der Waals surface area contributed by atoms with Gasteiger partial charge in [0.05, 0.1) is 12.7 Å². The smallest absolute Gasteiger partial charge is 0.124 e. The van der Waals surface area contributed by atoms with E-state index in [-0.39, 0.29) is 17.8 Å². The van der Waals surface area contributed by atoms with Gasteiger partial charge in [0, 0.05) is 42.2 Å². The molecule has 1 aromatic heterocycles. The van der Waals surface area contributed by atoms with Crippen molar-refractivity contribution >= 4 is 17.6 Å². The number of methoxy groups -OCH3 is 1. The minimum absolute atomic E-state index is 0.00200. The SMILES string of the molecule is COC1COCC[C@@H]1c1[nH]c(N)c(/C=C(\N)c2ccccc2O)c1C. The maximum absolute atomic E-state index is 9.98. The molecule has 1 aliphatic rings. The molecule has 134 valence electrons. The van der Waals surface area contributed by atoms with Crippen LogP contribution in [-0.2, 0) is 9.47 Å². The predicted octanol–water partition coefficient (Wildman–Crippen LogP) is 2.59. The van der Waals surface area contributed by atoms with E-state index in [1.165, 1.54) is 0 Å². The summed E-state index contributed by atoms with van der Waals surface area (Å²) in [6, 6.07) is 6.98. The first-order chi connectivity index (χ1) is 12.0. The van der Waals surface area contributed by atoms with Gasteiger partial charge in [0.1, 0.15) is 11.6 Å². The molecule has 1 saturated heterocycles. The van der Waals surface area contributed by atoms with Gasteiger partial charge in [-0.05, 0) is 37.1 Å². The third kappa shape index (κ3) is 3.36. The Morgan fingerprint density at radius 1 is 1.40 bits per heavy atom. The summed E-state index contributed by atoms with van der Waals surface area (Å²) in [7, 11) is 1.70. The summed E-state index contributed by atoms with van der Waals surface area (Å²) in [5, 5.41) is 9.98. The minimum Gasteiger partial charge on any atom is -0.507 e. The van der Waals surface area contributed by atoms with Crippen LogP contribution in [0.25, 0.3) is 11.8 Å². The molecule has 25 heavy (non-hydrogen) atoms. The van der Waals surface area contributed by atoms with E-state index in [0.717, 1.165) is 23.2 Å². The molecular weight excluding hydrogens is 318 g/mol. The number of hydrogen-bond donors (Lipinski definition) is 4. The zero-order valence-electron chi connectivity index (χ0n) is 14.6. The Balaban J connectivity index is 1.97. The van der Waals surface area contributed by atoms with E-state index in [9.17, 15) is 5.11 Å². The van der Waals surface area contributed by atoms with Crippen molar-refractivity contribution in [2.24, 2.45) is 5.73 Å². The lowest BCUT2D eigenvalue weighted by Crippen LogP contribution is -2.32. The number of anilines is 1. The number of nitrogens with one attached hydrogen (secondary N) is 1. The van der Waals surface area contributed by atoms with Crippen LogP contribution >= 0.6 is 0 Å². The summed E-state index contributed by atoms with van der Waals surface area (Å²) in [4.78, 5) is 3.30. The molecule has 2 atom stereocenters. The third-order valence-corrected chi connectivity index (χ3v) is 4.86. The maximum atomic E-state index is 9.98. The lowest BCUT2D eigenvalue weighted by molar-refractivity contribution is -0.0442. The van der Waals surface area contributed by atoms with Crippen LogP contribution in [0.4, 0.5) is 5.82 Å². The molecule has 0 radical (unpaired) electrons. The lowest BCUT2D eigenvalue weighted by Gasteiger charge is -2.30. The fraction of sp³-hybridized carbons (Fsp3) is 0.368. The fourth-order valence-corrected chi connectivity index (χ4v) is 3.44. The molecular formula is C19H25N3O3. The van der Waals surface area contributed by atoms with E-state index in [0.29, 0.717) is 30.3 Å². The number of phenolic OH excluding ortho intramolecular Hbond substituents is 1. The molecule has 0 saturated carbocycles. The molecule has 1 aliphatic heterocycles. The first-order valence-electron chi connectivity index (χ1n) is 8.37. The van der Waals surface area contributed by atoms with Gasteiger partial charge < -0.3 is 31.0 Å². The van der Waals surface area contributed by atoms with Crippen molar-refractivity contribution in [3.63, 3.8) is 0 Å². The zero-order chi connectivity index (χ0) is 18.0. The number of para-hydroxylation sites is 1. The molecule has 1 fully saturated rings. The molecule has 1 aromatic carbocycles. The Labute approximate surface area is 147 Å². The molecule has 1 unspecified atom stereocenters. The Bertz CT molecular complexity index is 782. The van der Waals surface area contributed by atoms with Crippen molar-refractivity contribution in [2.75, 3.05) is 26.1 Å². The highest BCUT2D eigenvalue weighted by atomic mass is 16.5. The average Bonchev–Trinajstić information content (AvgIpc) is 2.90. The number of H-pyrrole nitrogens is 1. The van der Waals surface area contributed by atoms with Crippen molar-refractivity contribution in [1.29, 1.82) is 0 Å². The molecule has 0 amide bonds. The van der Waals surface area contributed by atoms with Gasteiger partial charge in [0.25, 0.3) is 0 Å². The third-order valence-electron chi connectivity index (χ3n) is 4.86. The largest absolute Gasteiger partial charge is 0.507 e. The average molecular weight is 343 g/mol. The first-order valence-corrected chi connectivity index (χ1v) is 8.37. The van der Waals surface area contributed by atoms with Crippen LogP contribution in [-0.4, -0.2) is 36.5 Å². The quantitative estimate of drug-likeness (QED) is 0.683. The summed E-state index contributed by atoms with van der Waals surface area (Å²) in [6.07, 6.45) is 2.68. The van der Waals surface area contributed by atoms with Crippen molar-refractivity contribution in [3.05, 3.63) is 46.6 Å². The van der Waals surface area contributed by atoms with Gasteiger partial charge in [-0.3, -0.25) is 0 Å². The topological polar surface area (TPSA) is 107 Å². The number of hydrogen-bond acceptors (Lipinski definition) is 5. The number of rotatable bonds is 4. The first kappa shape index (κ1) is 17.4. The van der Waals surface area contributed by atoms with Crippen LogP contribution in [0.5, 0.6) is 5.75 Å². The van der Waals surface area contributed by atoms with Crippen LogP contribution in [0.15, 0.2) is 24.3 Å². The van der Waals surface area contributed by atoms with Crippen molar-refractivity contribution in [1.82, 2.24) is 4.98 Å². The van der Waals surface area contributed by atoms with Gasteiger partial charge >= 0.3 is 0 Å². The highest BCUT2D eigenvalue weighted by Gasteiger charge is 2.30. The predicted molar refractivity (Wildman–Crippen MR) is 99.1 cm³/mol. The molecule has 0 spiro atoms. The standard InChI is InChI=1S/C19H25N3O3/c1-11-14(9-15(20)12-5-3-4-6-16(12)23)19(21)22-18(11)13-7-8-25-10-17(13)24-2/h3-6,9,13,17,22-23H,7-8,10,20-21H2,1-2H3/b15-9-/t13-,17?/m0/s1. The summed E-state index contributed by atoms with van der Waals surface area (Å²) in [5.41, 5.74) is 16.4. The van der Waals surface area contributed by atoms with Crippen molar-refractivity contribution in [2.45, 2.75) is 25.4 Å². The summed E-state index contributed by atoms with van der Waals surface area (Å²) in [6.45, 7) is 3.30. The Morgan fingerprint density at radius 3 is 2.88 bits per heavy atom. The van der Waals surface area contributed by atoms with E-state index >= 15 is 0 Å². The van der Waals surface area contributed by atoms with Gasteiger partial charge in [0.15, 0.2) is 0 Å². The van der Waals surface area contributed by atoms with Gasteiger partial charge in [0.2, 0.25) is 0 Å². The highest BCUT2D eigenvalue weighted by molar-refractivity contribution is 5.85. The van der Waals surface area contributed by atoms with Gasteiger partial charge in [-0.25, -0.2) is 0 Å². The van der Waals surface area contributed by atoms with E-state index in [1.807, 2.05) is 13.0 Å². The number of aromatic hydroxyl groups is 1. The Hall–Kier alpha value is -2.44. The minimum atomic E-state index is -0.00200. The summed E-state index contributed by atoms with van der Waals surface area (Å²) < 4.78 is 11.1. The number of ether oxygens (including phenoxy) is 2. The number of nitrogen functional groups attached to an aromatic ring is 1. The molecule has 0 aliphatic carbocycles. The molecule has 0 bridgehead atoms. The van der Waals surface area contributed by atoms with Crippen LogP contribution in [0.2, 0.25) is 0 Å². The maximum Gasteiger partial charge on any atom is 0.124 e. The lowest BCUT2D eigenvalue weighted by atomic mass is 9.90. The van der Waals surface area contributed by atoms with Gasteiger partial charge in [-0.1, -0.05) is 12.1 Å². The number of nitrogens with two attached hydrogens (primary N) is 2. The van der Waals surface area contributed by atoms with E-state index < -0.39 is 0 Å². The highest BCUT2D eigenvalue weighted by Crippen LogP contribution is 2.35. The van der Waals surface area contributed by atoms with Crippen LogP contribution in [0.1, 0.15) is 34.7 Å². The Morgan fingerprint density at radius 2 is 2.16 bits per heavy atom. The second-order valence-corrected chi connectivity index (χ2v) is 6.35. The number of phenols is 1. The Kier molecular flexibility index (Phi) is 5.01. The van der Waals surface area contributed by atoms with Crippen molar-refractivity contribution in [3.8, 4) is 5.75 Å². The molecule has 6 N–H and O–H groups in total. The summed E-state index contributed by atoms with van der Waals surface area (Å²) in [5.74, 6) is 0.911. The monoisotopic (exact) mass is 343 g/mol. The van der Waals surface area contributed by atoms with Crippen LogP contribution in [0.3, 0.4) is 0 Å². The second kappa shape index (κ2) is 7.21. The van der Waals surface area contributed by atoms with E-state index in [4.69, 9.17) is 20.9 Å². The van der Waals surface area contributed by atoms with Gasteiger partial charge in [-0.2, -0.15) is 0 Å².